The molecule has 3 fully saturated rings. The highest BCUT2D eigenvalue weighted by Gasteiger charge is 2.56. The highest BCUT2D eigenvalue weighted by Crippen LogP contribution is 2.47. The van der Waals surface area contributed by atoms with Crippen molar-refractivity contribution in [3.63, 3.8) is 0 Å². The molecule has 0 spiro atoms. The molecule has 0 saturated carbocycles. The van der Waals surface area contributed by atoms with Crippen LogP contribution in [0.3, 0.4) is 0 Å². The Kier molecular flexibility index (Phi) is 10.9. The topological polar surface area (TPSA) is 201 Å². The molecule has 16 heteroatoms. The van der Waals surface area contributed by atoms with Crippen LogP contribution in [0.1, 0.15) is 44.6 Å². The molecule has 0 unspecified atom stereocenters. The van der Waals surface area contributed by atoms with Crippen LogP contribution in [-0.4, -0.2) is 97.9 Å². The van der Waals surface area contributed by atoms with E-state index in [0.29, 0.717) is 17.6 Å². The molecule has 0 bridgehead atoms. The molecule has 3 aliphatic rings. The Bertz CT molecular complexity index is 2660. The van der Waals surface area contributed by atoms with Crippen molar-refractivity contribution in [3.05, 3.63) is 92.6 Å². The zero-order valence-electron chi connectivity index (χ0n) is 33.4. The summed E-state index contributed by atoms with van der Waals surface area (Å²) in [4.78, 5) is 41.1. The van der Waals surface area contributed by atoms with Gasteiger partial charge in [0, 0.05) is 35.4 Å². The average Bonchev–Trinajstić information content (AvgIpc) is 3.69. The van der Waals surface area contributed by atoms with Gasteiger partial charge in [-0.3, -0.25) is 4.79 Å². The second-order valence-corrected chi connectivity index (χ2v) is 15.2. The summed E-state index contributed by atoms with van der Waals surface area (Å²) in [6, 6.07) is 17.4. The fourth-order valence-corrected chi connectivity index (χ4v) is 8.53. The molecule has 9 rings (SSSR count). The minimum absolute atomic E-state index is 0.0219. The second kappa shape index (κ2) is 16.1. The SMILES string of the molecule is CCOCCC(=O)Oc1c2cccc(O[C@@H]3O[C@H](C)[C@@H]4O[C@H](c5ccccc5)O[C@@H]4[C@H]3O[C@H]3O[C@H](C)[C@H](O)[C@H](OC)[C@H]3O)c2c2oc(=O)c3c(C)ccc4oc(=O)c1c2c43. The van der Waals surface area contributed by atoms with Crippen LogP contribution < -0.4 is 20.7 Å². The summed E-state index contributed by atoms with van der Waals surface area (Å²) in [6.07, 6.45) is -11.4. The second-order valence-electron chi connectivity index (χ2n) is 15.2. The van der Waals surface area contributed by atoms with Crippen LogP contribution in [0, 0.1) is 6.92 Å². The number of methoxy groups -OCH3 is 1. The van der Waals surface area contributed by atoms with Gasteiger partial charge in [-0.15, -0.1) is 0 Å². The highest BCUT2D eigenvalue weighted by atomic mass is 16.8. The van der Waals surface area contributed by atoms with Gasteiger partial charge in [0.05, 0.1) is 36.0 Å². The third-order valence-electron chi connectivity index (χ3n) is 11.5. The molecule has 2 N–H and O–H groups in total. The number of hydrogen-bond acceptors (Lipinski definition) is 16. The Morgan fingerprint density at radius 3 is 2.27 bits per heavy atom. The summed E-state index contributed by atoms with van der Waals surface area (Å²) in [5.41, 5.74) is -0.0802. The van der Waals surface area contributed by atoms with E-state index < -0.39 is 84.9 Å². The van der Waals surface area contributed by atoms with E-state index in [1.807, 2.05) is 30.3 Å². The quantitative estimate of drug-likeness (QED) is 0.0452. The summed E-state index contributed by atoms with van der Waals surface area (Å²) >= 11 is 0. The first kappa shape index (κ1) is 40.4. The minimum atomic E-state index is -1.45. The summed E-state index contributed by atoms with van der Waals surface area (Å²) in [6.45, 7) is 7.42. The van der Waals surface area contributed by atoms with E-state index in [1.54, 1.807) is 58.0 Å². The molecule has 316 valence electrons. The van der Waals surface area contributed by atoms with Gasteiger partial charge in [0.25, 0.3) is 0 Å². The third-order valence-corrected chi connectivity index (χ3v) is 11.5. The van der Waals surface area contributed by atoms with Crippen LogP contribution in [0.2, 0.25) is 0 Å². The van der Waals surface area contributed by atoms with E-state index in [9.17, 15) is 24.6 Å². The van der Waals surface area contributed by atoms with Crippen LogP contribution in [0.5, 0.6) is 11.5 Å². The van der Waals surface area contributed by atoms with Crippen molar-refractivity contribution >= 4 is 49.5 Å². The van der Waals surface area contributed by atoms with Crippen molar-refractivity contribution in [1.82, 2.24) is 0 Å². The van der Waals surface area contributed by atoms with E-state index in [1.165, 1.54) is 7.11 Å². The number of carbonyl (C=O) groups excluding carboxylic acids is 1. The van der Waals surface area contributed by atoms with Crippen LogP contribution in [-0.2, 0) is 38.0 Å². The molecule has 11 atom stereocenters. The number of hydrogen-bond donors (Lipinski definition) is 2. The maximum absolute atomic E-state index is 13.9. The minimum Gasteiger partial charge on any atom is -0.461 e. The lowest BCUT2D eigenvalue weighted by atomic mass is 9.95. The normalized spacial score (nSPS) is 29.4. The molecule has 0 aliphatic carbocycles. The van der Waals surface area contributed by atoms with E-state index in [4.69, 9.17) is 51.5 Å². The van der Waals surface area contributed by atoms with Gasteiger partial charge in [0.15, 0.2) is 30.0 Å². The van der Waals surface area contributed by atoms with Crippen molar-refractivity contribution in [2.24, 2.45) is 0 Å². The van der Waals surface area contributed by atoms with E-state index in [0.717, 1.165) is 5.56 Å². The smallest absolute Gasteiger partial charge is 0.348 e. The molecule has 3 aliphatic heterocycles. The number of aryl methyl sites for hydroxylation is 1. The monoisotopic (exact) mass is 828 g/mol. The van der Waals surface area contributed by atoms with Crippen LogP contribution in [0.4, 0.5) is 0 Å². The number of ether oxygens (including phenoxy) is 9. The first-order chi connectivity index (χ1) is 29.0. The molecule has 60 heavy (non-hydrogen) atoms. The average molecular weight is 829 g/mol. The molecule has 4 aromatic carbocycles. The number of fused-ring (bicyclic) bond motifs is 3. The summed E-state index contributed by atoms with van der Waals surface area (Å²) < 4.78 is 67.5. The molecule has 6 aromatic rings. The molecular formula is C44H44O16. The van der Waals surface area contributed by atoms with Gasteiger partial charge in [-0.05, 0) is 45.4 Å². The number of esters is 1. The summed E-state index contributed by atoms with van der Waals surface area (Å²) in [5, 5.41) is 23.1. The lowest BCUT2D eigenvalue weighted by molar-refractivity contribution is -0.346. The first-order valence-corrected chi connectivity index (χ1v) is 19.9. The predicted octanol–water partition coefficient (Wildman–Crippen LogP) is 4.76. The van der Waals surface area contributed by atoms with E-state index in [2.05, 4.69) is 0 Å². The number of aliphatic hydroxyl groups excluding tert-OH is 2. The number of rotatable bonds is 11. The third kappa shape index (κ3) is 6.81. The van der Waals surface area contributed by atoms with Crippen molar-refractivity contribution in [2.75, 3.05) is 20.3 Å². The molecular weight excluding hydrogens is 784 g/mol. The van der Waals surface area contributed by atoms with Gasteiger partial charge in [-0.25, -0.2) is 9.59 Å². The van der Waals surface area contributed by atoms with Crippen molar-refractivity contribution in [2.45, 2.75) is 102 Å². The van der Waals surface area contributed by atoms with E-state index in [-0.39, 0.29) is 62.6 Å². The first-order valence-electron chi connectivity index (χ1n) is 19.9. The molecule has 0 radical (unpaired) electrons. The summed E-state index contributed by atoms with van der Waals surface area (Å²) in [5.74, 6) is -0.719. The molecule has 0 amide bonds. The zero-order chi connectivity index (χ0) is 42.0. The lowest BCUT2D eigenvalue weighted by Crippen LogP contribution is -2.63. The molecule has 3 saturated heterocycles. The maximum atomic E-state index is 13.9. The Balaban J connectivity index is 1.20. The van der Waals surface area contributed by atoms with Crippen molar-refractivity contribution in [1.29, 1.82) is 0 Å². The van der Waals surface area contributed by atoms with Crippen molar-refractivity contribution < 1.29 is 66.5 Å². The van der Waals surface area contributed by atoms with Crippen LogP contribution in [0.15, 0.2) is 79.1 Å². The Hall–Kier alpha value is -5.01. The fraction of sp³-hybridized carbons (Fsp3) is 0.432. The fourth-order valence-electron chi connectivity index (χ4n) is 8.53. The van der Waals surface area contributed by atoms with Crippen molar-refractivity contribution in [3.8, 4) is 11.5 Å². The zero-order valence-corrected chi connectivity index (χ0v) is 33.4. The molecule has 5 heterocycles. The maximum Gasteiger partial charge on any atom is 0.348 e. The summed E-state index contributed by atoms with van der Waals surface area (Å²) in [7, 11) is 1.36. The van der Waals surface area contributed by atoms with E-state index >= 15 is 0 Å². The lowest BCUT2D eigenvalue weighted by Gasteiger charge is -2.45. The number of aliphatic hydroxyl groups is 2. The van der Waals surface area contributed by atoms with Gasteiger partial charge in [-0.2, -0.15) is 0 Å². The number of carbonyl (C=O) groups is 1. The highest BCUT2D eigenvalue weighted by molar-refractivity contribution is 6.29. The predicted molar refractivity (Wildman–Crippen MR) is 212 cm³/mol. The van der Waals surface area contributed by atoms with Crippen LogP contribution in [0.25, 0.3) is 43.5 Å². The molecule has 16 nitrogen and oxygen atoms in total. The number of benzene rings is 4. The van der Waals surface area contributed by atoms with Gasteiger partial charge >= 0.3 is 17.2 Å². The Labute approximate surface area is 341 Å². The molecule has 2 aromatic heterocycles. The standard InChI is InChI=1S/C44H44O16/c1-6-51-18-17-26(45)56-35-23-13-10-14-24(28(23)36-30-29-25(54-41(49)31(30)35)16-15-19(2)27(29)40(48)57-36)55-44-39(60-43-33(47)37(50-5)32(46)20(3)52-43)38-34(21(4)53-44)58-42(59-38)22-11-8-7-9-12-22/h7-16,20-21,32-34,37-39,42-44,46-47H,6,17-18H2,1-5H3/t20-,21-,32+,33-,34+,37+,38+,39-,42+,43-,44+/m1/s1. The Morgan fingerprint density at radius 2 is 1.50 bits per heavy atom. The van der Waals surface area contributed by atoms with Gasteiger partial charge < -0.3 is 61.7 Å². The Morgan fingerprint density at radius 1 is 0.750 bits per heavy atom. The largest absolute Gasteiger partial charge is 0.461 e. The van der Waals surface area contributed by atoms with Crippen LogP contribution >= 0.6 is 0 Å². The van der Waals surface area contributed by atoms with Gasteiger partial charge in [-0.1, -0.05) is 48.5 Å². The van der Waals surface area contributed by atoms with Gasteiger partial charge in [0.2, 0.25) is 6.29 Å². The van der Waals surface area contributed by atoms with Gasteiger partial charge in [0.1, 0.15) is 47.2 Å².